The first kappa shape index (κ1) is 12.4. The van der Waals surface area contributed by atoms with E-state index in [2.05, 4.69) is 34.1 Å². The van der Waals surface area contributed by atoms with Crippen molar-refractivity contribution in [2.75, 3.05) is 31.1 Å². The summed E-state index contributed by atoms with van der Waals surface area (Å²) in [6.45, 7) is 4.29. The zero-order chi connectivity index (χ0) is 13.6. The Balaban J connectivity index is 1.52. The second-order valence-corrected chi connectivity index (χ2v) is 6.46. The molecule has 3 aliphatic rings. The fraction of sp³-hybridized carbons (Fsp3) is 0.588. The number of piperidine rings is 1. The first-order chi connectivity index (χ1) is 9.81. The Labute approximate surface area is 120 Å². The molecule has 2 fully saturated rings. The van der Waals surface area contributed by atoms with Crippen molar-refractivity contribution in [1.29, 1.82) is 0 Å². The number of fused-ring (bicyclic) bond motifs is 2. The Kier molecular flexibility index (Phi) is 2.84. The minimum atomic E-state index is -0.126. The van der Waals surface area contributed by atoms with Gasteiger partial charge in [0.2, 0.25) is 5.91 Å². The number of likely N-dealkylation sites (tertiary alicyclic amines) is 1. The third-order valence-electron chi connectivity index (χ3n) is 5.20. The normalized spacial score (nSPS) is 24.2. The van der Waals surface area contributed by atoms with Crippen molar-refractivity contribution in [1.82, 2.24) is 4.90 Å². The summed E-state index contributed by atoms with van der Waals surface area (Å²) in [6.07, 6.45) is 6.08. The van der Waals surface area contributed by atoms with Crippen LogP contribution in [0.25, 0.3) is 0 Å². The van der Waals surface area contributed by atoms with Crippen molar-refractivity contribution in [2.45, 2.75) is 37.5 Å². The number of carbonyl (C=O) groups excluding carboxylic acids is 1. The number of benzene rings is 1. The van der Waals surface area contributed by atoms with Gasteiger partial charge in [0.05, 0.1) is 5.41 Å². The van der Waals surface area contributed by atoms with E-state index in [1.54, 1.807) is 0 Å². The van der Waals surface area contributed by atoms with Gasteiger partial charge in [0.25, 0.3) is 0 Å². The molecule has 1 aliphatic carbocycles. The smallest absolute Gasteiger partial charge is 0.237 e. The second kappa shape index (κ2) is 4.59. The topological polar surface area (TPSA) is 23.6 Å². The molecule has 1 amide bonds. The van der Waals surface area contributed by atoms with E-state index in [1.165, 1.54) is 43.6 Å². The van der Waals surface area contributed by atoms with E-state index >= 15 is 0 Å². The molecule has 3 nitrogen and oxygen atoms in total. The van der Waals surface area contributed by atoms with Crippen LogP contribution in [0.1, 0.15) is 37.7 Å². The van der Waals surface area contributed by atoms with Crippen LogP contribution in [-0.4, -0.2) is 37.0 Å². The van der Waals surface area contributed by atoms with Gasteiger partial charge in [-0.3, -0.25) is 4.79 Å². The second-order valence-electron chi connectivity index (χ2n) is 6.46. The SMILES string of the molecule is O=C1N(CCN2CCCCC2)c2ccccc2C12CC2. The maximum absolute atomic E-state index is 12.7. The van der Waals surface area contributed by atoms with Crippen molar-refractivity contribution in [2.24, 2.45) is 0 Å². The number of anilines is 1. The highest BCUT2D eigenvalue weighted by Crippen LogP contribution is 2.57. The fourth-order valence-corrected chi connectivity index (χ4v) is 3.85. The van der Waals surface area contributed by atoms with Crippen molar-refractivity contribution >= 4 is 11.6 Å². The lowest BCUT2D eigenvalue weighted by atomic mass is 9.98. The molecule has 0 atom stereocenters. The van der Waals surface area contributed by atoms with Crippen molar-refractivity contribution in [3.8, 4) is 0 Å². The number of hydrogen-bond acceptors (Lipinski definition) is 2. The fourth-order valence-electron chi connectivity index (χ4n) is 3.85. The Bertz CT molecular complexity index is 530. The average Bonchev–Trinajstić information content (AvgIpc) is 3.26. The Morgan fingerprint density at radius 2 is 1.75 bits per heavy atom. The van der Waals surface area contributed by atoms with Gasteiger partial charge in [0, 0.05) is 18.8 Å². The summed E-state index contributed by atoms with van der Waals surface area (Å²) < 4.78 is 0. The molecule has 20 heavy (non-hydrogen) atoms. The lowest BCUT2D eigenvalue weighted by molar-refractivity contribution is -0.120. The molecular weight excluding hydrogens is 248 g/mol. The van der Waals surface area contributed by atoms with Crippen LogP contribution in [0.2, 0.25) is 0 Å². The van der Waals surface area contributed by atoms with Crippen LogP contribution in [0.15, 0.2) is 24.3 Å². The number of amides is 1. The maximum atomic E-state index is 12.7. The number of para-hydroxylation sites is 1. The zero-order valence-electron chi connectivity index (χ0n) is 12.0. The lowest BCUT2D eigenvalue weighted by Gasteiger charge is -2.28. The predicted octanol–water partition coefficient (Wildman–Crippen LogP) is 2.55. The van der Waals surface area contributed by atoms with Crippen LogP contribution in [-0.2, 0) is 10.2 Å². The highest BCUT2D eigenvalue weighted by molar-refractivity contribution is 6.10. The molecule has 1 saturated heterocycles. The van der Waals surface area contributed by atoms with Crippen LogP contribution in [0.3, 0.4) is 0 Å². The van der Waals surface area contributed by atoms with E-state index in [0.29, 0.717) is 5.91 Å². The summed E-state index contributed by atoms with van der Waals surface area (Å²) in [5.41, 5.74) is 2.33. The predicted molar refractivity (Wildman–Crippen MR) is 80.0 cm³/mol. The van der Waals surface area contributed by atoms with Gasteiger partial charge in [-0.25, -0.2) is 0 Å². The van der Waals surface area contributed by atoms with Crippen LogP contribution in [0.4, 0.5) is 5.69 Å². The summed E-state index contributed by atoms with van der Waals surface area (Å²) in [4.78, 5) is 17.3. The van der Waals surface area contributed by atoms with E-state index in [4.69, 9.17) is 0 Å². The summed E-state index contributed by atoms with van der Waals surface area (Å²) in [5.74, 6) is 0.357. The third-order valence-corrected chi connectivity index (χ3v) is 5.20. The monoisotopic (exact) mass is 270 g/mol. The summed E-state index contributed by atoms with van der Waals surface area (Å²) in [5, 5.41) is 0. The molecule has 4 rings (SSSR count). The van der Waals surface area contributed by atoms with E-state index in [-0.39, 0.29) is 5.41 Å². The lowest BCUT2D eigenvalue weighted by Crippen LogP contribution is -2.40. The minimum Gasteiger partial charge on any atom is -0.310 e. The molecule has 0 aromatic heterocycles. The van der Waals surface area contributed by atoms with E-state index in [1.807, 2.05) is 0 Å². The minimum absolute atomic E-state index is 0.126. The highest BCUT2D eigenvalue weighted by atomic mass is 16.2. The van der Waals surface area contributed by atoms with Crippen LogP contribution < -0.4 is 4.90 Å². The van der Waals surface area contributed by atoms with Gasteiger partial charge in [-0.2, -0.15) is 0 Å². The number of rotatable bonds is 3. The van der Waals surface area contributed by atoms with E-state index in [0.717, 1.165) is 25.9 Å². The summed E-state index contributed by atoms with van der Waals surface area (Å²) >= 11 is 0. The van der Waals surface area contributed by atoms with E-state index in [9.17, 15) is 4.79 Å². The molecule has 0 unspecified atom stereocenters. The van der Waals surface area contributed by atoms with Crippen LogP contribution in [0, 0.1) is 0 Å². The average molecular weight is 270 g/mol. The zero-order valence-corrected chi connectivity index (χ0v) is 12.0. The van der Waals surface area contributed by atoms with Gasteiger partial charge in [0.15, 0.2) is 0 Å². The molecule has 1 saturated carbocycles. The summed E-state index contributed by atoms with van der Waals surface area (Å²) in [6, 6.07) is 8.40. The molecule has 1 spiro atoms. The Hall–Kier alpha value is -1.35. The molecule has 106 valence electrons. The van der Waals surface area contributed by atoms with Gasteiger partial charge in [0.1, 0.15) is 0 Å². The molecular formula is C17H22N2O. The van der Waals surface area contributed by atoms with E-state index < -0.39 is 0 Å². The van der Waals surface area contributed by atoms with Crippen molar-refractivity contribution in [3.63, 3.8) is 0 Å². The number of nitrogens with zero attached hydrogens (tertiary/aromatic N) is 2. The first-order valence-electron chi connectivity index (χ1n) is 7.95. The third kappa shape index (κ3) is 1.80. The van der Waals surface area contributed by atoms with Gasteiger partial charge in [-0.15, -0.1) is 0 Å². The molecule has 0 radical (unpaired) electrons. The van der Waals surface area contributed by atoms with Crippen molar-refractivity contribution in [3.05, 3.63) is 29.8 Å². The van der Waals surface area contributed by atoms with Crippen LogP contribution >= 0.6 is 0 Å². The quantitative estimate of drug-likeness (QED) is 0.842. The number of hydrogen-bond donors (Lipinski definition) is 0. The molecule has 1 aromatic rings. The van der Waals surface area contributed by atoms with Crippen molar-refractivity contribution < 1.29 is 4.79 Å². The first-order valence-corrected chi connectivity index (χ1v) is 7.95. The molecule has 0 N–H and O–H groups in total. The number of carbonyl (C=O) groups is 1. The molecule has 2 heterocycles. The maximum Gasteiger partial charge on any atom is 0.237 e. The molecule has 1 aromatic carbocycles. The standard InChI is InChI=1S/C17H22N2O/c20-16-17(8-9-17)14-6-2-3-7-15(14)19(16)13-12-18-10-4-1-5-11-18/h2-3,6-7H,1,4-5,8-13H2. The molecule has 3 heteroatoms. The van der Waals surface area contributed by atoms with Gasteiger partial charge < -0.3 is 9.80 Å². The summed E-state index contributed by atoms with van der Waals surface area (Å²) in [7, 11) is 0. The molecule has 0 bridgehead atoms. The Morgan fingerprint density at radius 1 is 1.00 bits per heavy atom. The van der Waals surface area contributed by atoms with Gasteiger partial charge in [-0.05, 0) is 50.4 Å². The van der Waals surface area contributed by atoms with Crippen LogP contribution in [0.5, 0.6) is 0 Å². The molecule has 2 aliphatic heterocycles. The Morgan fingerprint density at radius 3 is 2.50 bits per heavy atom. The highest BCUT2D eigenvalue weighted by Gasteiger charge is 2.58. The van der Waals surface area contributed by atoms with Gasteiger partial charge >= 0.3 is 0 Å². The largest absolute Gasteiger partial charge is 0.310 e. The van der Waals surface area contributed by atoms with Gasteiger partial charge in [-0.1, -0.05) is 24.6 Å².